The molecule has 0 heterocycles. The third-order valence-electron chi connectivity index (χ3n) is 3.12. The van der Waals surface area contributed by atoms with Crippen LogP contribution >= 0.6 is 15.9 Å². The Morgan fingerprint density at radius 2 is 1.72 bits per heavy atom. The minimum atomic E-state index is -0.432. The summed E-state index contributed by atoms with van der Waals surface area (Å²) in [5.74, 6) is -0.259. The molecular weight excluding hydrogens is 293 g/mol. The van der Waals surface area contributed by atoms with E-state index in [1.165, 1.54) is 6.07 Å². The molecule has 0 fully saturated rings. The highest BCUT2D eigenvalue weighted by molar-refractivity contribution is 9.10. The van der Waals surface area contributed by atoms with Crippen molar-refractivity contribution in [3.8, 4) is 0 Å². The largest absolute Gasteiger partial charge is 0.320 e. The highest BCUT2D eigenvalue weighted by Crippen LogP contribution is 2.28. The molecule has 0 aliphatic rings. The van der Waals surface area contributed by atoms with E-state index in [-0.39, 0.29) is 5.82 Å². The quantitative estimate of drug-likeness (QED) is 0.881. The van der Waals surface area contributed by atoms with E-state index < -0.39 is 6.04 Å². The van der Waals surface area contributed by atoms with Gasteiger partial charge in [-0.3, -0.25) is 0 Å². The molecule has 2 aromatic carbocycles. The molecule has 2 aromatic rings. The topological polar surface area (TPSA) is 26.0 Å². The van der Waals surface area contributed by atoms with Crippen molar-refractivity contribution in [2.75, 3.05) is 0 Å². The first-order valence-electron chi connectivity index (χ1n) is 5.77. The maximum absolute atomic E-state index is 13.7. The zero-order valence-corrected chi connectivity index (χ0v) is 12.0. The molecule has 0 bridgehead atoms. The Labute approximate surface area is 115 Å². The molecule has 0 saturated carbocycles. The zero-order valence-electron chi connectivity index (χ0n) is 10.4. The van der Waals surface area contributed by atoms with Gasteiger partial charge >= 0.3 is 0 Å². The summed E-state index contributed by atoms with van der Waals surface area (Å²) in [6, 6.07) is 10.2. The lowest BCUT2D eigenvalue weighted by Gasteiger charge is -2.17. The fraction of sp³-hybridized carbons (Fsp3) is 0.200. The monoisotopic (exact) mass is 307 g/mol. The van der Waals surface area contributed by atoms with Gasteiger partial charge in [-0.15, -0.1) is 0 Å². The number of benzene rings is 2. The summed E-state index contributed by atoms with van der Waals surface area (Å²) in [5.41, 5.74) is 9.83. The van der Waals surface area contributed by atoms with Gasteiger partial charge in [0.15, 0.2) is 0 Å². The van der Waals surface area contributed by atoms with Crippen molar-refractivity contribution < 1.29 is 4.39 Å². The molecule has 1 unspecified atom stereocenters. The normalized spacial score (nSPS) is 12.5. The Morgan fingerprint density at radius 1 is 1.06 bits per heavy atom. The summed E-state index contributed by atoms with van der Waals surface area (Å²) >= 11 is 3.49. The van der Waals surface area contributed by atoms with Gasteiger partial charge in [-0.1, -0.05) is 40.2 Å². The highest BCUT2D eigenvalue weighted by atomic mass is 79.9. The summed E-state index contributed by atoms with van der Waals surface area (Å²) in [6.07, 6.45) is 0. The van der Waals surface area contributed by atoms with Crippen molar-refractivity contribution in [3.63, 3.8) is 0 Å². The lowest BCUT2D eigenvalue weighted by Crippen LogP contribution is -2.15. The van der Waals surface area contributed by atoms with Gasteiger partial charge in [0, 0.05) is 10.0 Å². The Morgan fingerprint density at radius 3 is 2.39 bits per heavy atom. The SMILES string of the molecule is Cc1cc(C(N)c2ccccc2F)c(C)cc1Br. The van der Waals surface area contributed by atoms with Crippen LogP contribution in [0.3, 0.4) is 0 Å². The molecule has 0 aromatic heterocycles. The molecule has 0 aliphatic carbocycles. The van der Waals surface area contributed by atoms with Crippen LogP contribution in [0, 0.1) is 19.7 Å². The van der Waals surface area contributed by atoms with Gasteiger partial charge in [-0.2, -0.15) is 0 Å². The molecule has 0 amide bonds. The maximum atomic E-state index is 13.7. The second-order valence-electron chi connectivity index (χ2n) is 4.46. The zero-order chi connectivity index (χ0) is 13.3. The van der Waals surface area contributed by atoms with Gasteiger partial charge < -0.3 is 5.73 Å². The van der Waals surface area contributed by atoms with Crippen molar-refractivity contribution in [3.05, 3.63) is 68.9 Å². The van der Waals surface area contributed by atoms with Gasteiger partial charge in [0.05, 0.1) is 6.04 Å². The van der Waals surface area contributed by atoms with Crippen LogP contribution in [0.5, 0.6) is 0 Å². The molecule has 0 spiro atoms. The van der Waals surface area contributed by atoms with Gasteiger partial charge in [0.2, 0.25) is 0 Å². The third-order valence-corrected chi connectivity index (χ3v) is 3.98. The van der Waals surface area contributed by atoms with Gasteiger partial charge in [0.1, 0.15) is 5.82 Å². The van der Waals surface area contributed by atoms with Crippen LogP contribution in [-0.2, 0) is 0 Å². The standard InChI is InChI=1S/C15H15BrFN/c1-9-8-13(16)10(2)7-12(9)15(18)11-5-3-4-6-14(11)17/h3-8,15H,18H2,1-2H3. The molecule has 3 heteroatoms. The predicted molar refractivity (Wildman–Crippen MR) is 76.0 cm³/mol. The van der Waals surface area contributed by atoms with Crippen molar-refractivity contribution in [2.45, 2.75) is 19.9 Å². The van der Waals surface area contributed by atoms with E-state index in [2.05, 4.69) is 15.9 Å². The predicted octanol–water partition coefficient (Wildman–Crippen LogP) is 4.25. The van der Waals surface area contributed by atoms with E-state index in [1.54, 1.807) is 18.2 Å². The minimum Gasteiger partial charge on any atom is -0.320 e. The molecule has 0 radical (unpaired) electrons. The maximum Gasteiger partial charge on any atom is 0.128 e. The van der Waals surface area contributed by atoms with Crippen LogP contribution in [0.4, 0.5) is 4.39 Å². The van der Waals surface area contributed by atoms with E-state index in [0.717, 1.165) is 21.2 Å². The molecule has 0 aliphatic heterocycles. The Bertz CT molecular complexity index is 581. The van der Waals surface area contributed by atoms with Crippen LogP contribution in [0.15, 0.2) is 40.9 Å². The first-order valence-corrected chi connectivity index (χ1v) is 6.56. The van der Waals surface area contributed by atoms with Crippen molar-refractivity contribution in [1.82, 2.24) is 0 Å². The van der Waals surface area contributed by atoms with Crippen LogP contribution in [0.2, 0.25) is 0 Å². The molecule has 18 heavy (non-hydrogen) atoms. The van der Waals surface area contributed by atoms with Crippen LogP contribution in [-0.4, -0.2) is 0 Å². The van der Waals surface area contributed by atoms with E-state index in [1.807, 2.05) is 26.0 Å². The lowest BCUT2D eigenvalue weighted by atomic mass is 9.94. The van der Waals surface area contributed by atoms with E-state index in [9.17, 15) is 4.39 Å². The van der Waals surface area contributed by atoms with Crippen LogP contribution < -0.4 is 5.73 Å². The summed E-state index contributed by atoms with van der Waals surface area (Å²) < 4.78 is 14.8. The van der Waals surface area contributed by atoms with Crippen molar-refractivity contribution >= 4 is 15.9 Å². The number of hydrogen-bond donors (Lipinski definition) is 1. The number of nitrogens with two attached hydrogens (primary N) is 1. The van der Waals surface area contributed by atoms with Gasteiger partial charge in [-0.05, 0) is 42.7 Å². The first-order chi connectivity index (χ1) is 8.50. The fourth-order valence-electron chi connectivity index (χ4n) is 2.03. The summed E-state index contributed by atoms with van der Waals surface area (Å²) in [5, 5.41) is 0. The number of aryl methyl sites for hydroxylation is 2. The van der Waals surface area contributed by atoms with Gasteiger partial charge in [-0.25, -0.2) is 4.39 Å². The molecular formula is C15H15BrFN. The second kappa shape index (κ2) is 5.21. The average Bonchev–Trinajstić information content (AvgIpc) is 2.33. The smallest absolute Gasteiger partial charge is 0.128 e. The second-order valence-corrected chi connectivity index (χ2v) is 5.31. The first kappa shape index (κ1) is 13.2. The number of hydrogen-bond acceptors (Lipinski definition) is 1. The molecule has 1 atom stereocenters. The molecule has 1 nitrogen and oxygen atoms in total. The Balaban J connectivity index is 2.50. The van der Waals surface area contributed by atoms with E-state index >= 15 is 0 Å². The van der Waals surface area contributed by atoms with E-state index in [4.69, 9.17) is 5.73 Å². The lowest BCUT2D eigenvalue weighted by molar-refractivity contribution is 0.599. The van der Waals surface area contributed by atoms with Crippen molar-refractivity contribution in [1.29, 1.82) is 0 Å². The van der Waals surface area contributed by atoms with Crippen LogP contribution in [0.1, 0.15) is 28.3 Å². The molecule has 0 saturated heterocycles. The van der Waals surface area contributed by atoms with E-state index in [0.29, 0.717) is 5.56 Å². The fourth-order valence-corrected chi connectivity index (χ4v) is 2.49. The molecule has 2 N–H and O–H groups in total. The third kappa shape index (κ3) is 2.47. The molecule has 2 rings (SSSR count). The molecule has 94 valence electrons. The summed E-state index contributed by atoms with van der Waals surface area (Å²) in [4.78, 5) is 0. The average molecular weight is 308 g/mol. The Hall–Kier alpha value is -1.19. The number of halogens is 2. The van der Waals surface area contributed by atoms with Gasteiger partial charge in [0.25, 0.3) is 0 Å². The number of rotatable bonds is 2. The Kier molecular flexibility index (Phi) is 3.83. The highest BCUT2D eigenvalue weighted by Gasteiger charge is 2.16. The minimum absolute atomic E-state index is 0.259. The summed E-state index contributed by atoms with van der Waals surface area (Å²) in [6.45, 7) is 3.99. The van der Waals surface area contributed by atoms with Crippen molar-refractivity contribution in [2.24, 2.45) is 5.73 Å². The van der Waals surface area contributed by atoms with Crippen LogP contribution in [0.25, 0.3) is 0 Å². The summed E-state index contributed by atoms with van der Waals surface area (Å²) in [7, 11) is 0.